The topological polar surface area (TPSA) is 557 Å². The Morgan fingerprint density at radius 2 is 0.535 bits per heavy atom. The minimum atomic E-state index is -1.92. The van der Waals surface area contributed by atoms with Gasteiger partial charge in [0.1, 0.15) is 75.0 Å². The SMILES string of the molecule is CC(=O)N[C@@H](C)C(=O)NC(C)(C)C(=O)NC(C)(C)C(=O)N[C@@H](CC(C)C)C(=O)NC(C)(C)C(=O)N[C@@H](CCC(N)=O)C(=O)NC(C)(C)C(=O)NC(C)(C)C(=O)NC(C)(C)C(=O)N[C@@H](CCC(N)=O)C(=O)N[C@@H](CC(C)C)C(=O)NC(C)(C)C(=O)N[C@@H](CCC(N)=O)C(=O)N[C@H](CO)CC(C)C. The monoisotopic (exact) mass is 1440 g/mol. The van der Waals surface area contributed by atoms with E-state index in [-0.39, 0.29) is 43.4 Å². The second kappa shape index (κ2) is 38.7. The van der Waals surface area contributed by atoms with Crippen molar-refractivity contribution < 1.29 is 86.6 Å². The van der Waals surface area contributed by atoms with Gasteiger partial charge in [-0.25, -0.2) is 0 Å². The first-order valence-electron chi connectivity index (χ1n) is 33.6. The van der Waals surface area contributed by atoms with Crippen LogP contribution in [-0.4, -0.2) is 193 Å². The fourth-order valence-corrected chi connectivity index (χ4v) is 9.44. The van der Waals surface area contributed by atoms with Crippen LogP contribution in [0.15, 0.2) is 0 Å². The van der Waals surface area contributed by atoms with Crippen LogP contribution in [0.25, 0.3) is 0 Å². The van der Waals surface area contributed by atoms with E-state index < -0.39 is 214 Å². The van der Waals surface area contributed by atoms with Gasteiger partial charge in [-0.15, -0.1) is 0 Å². The average molecular weight is 1440 g/mol. The zero-order valence-electron chi connectivity index (χ0n) is 63.0. The molecule has 0 rings (SSSR count). The molecule has 0 aromatic rings. The molecule has 0 saturated heterocycles. The molecule has 35 nitrogen and oxygen atoms in total. The van der Waals surface area contributed by atoms with E-state index >= 15 is 0 Å². The van der Waals surface area contributed by atoms with Crippen LogP contribution in [0.2, 0.25) is 0 Å². The van der Waals surface area contributed by atoms with Gasteiger partial charge in [0.05, 0.1) is 12.6 Å². The lowest BCUT2D eigenvalue weighted by Gasteiger charge is -2.36. The predicted molar refractivity (Wildman–Crippen MR) is 371 cm³/mol. The van der Waals surface area contributed by atoms with Crippen molar-refractivity contribution >= 4 is 100 Å². The van der Waals surface area contributed by atoms with Gasteiger partial charge < -0.3 is 96.7 Å². The van der Waals surface area contributed by atoms with Crippen LogP contribution in [0.4, 0.5) is 0 Å². The van der Waals surface area contributed by atoms with Crippen LogP contribution in [0.1, 0.15) is 210 Å². The molecule has 21 N–H and O–H groups in total. The molecule has 101 heavy (non-hydrogen) atoms. The van der Waals surface area contributed by atoms with Crippen LogP contribution in [-0.2, 0) is 81.5 Å². The van der Waals surface area contributed by atoms with Crippen LogP contribution in [0.5, 0.6) is 0 Å². The zero-order valence-corrected chi connectivity index (χ0v) is 63.0. The first kappa shape index (κ1) is 92.0. The maximum Gasteiger partial charge on any atom is 0.246 e. The maximum atomic E-state index is 14.2. The van der Waals surface area contributed by atoms with Gasteiger partial charge in [0.25, 0.3) is 0 Å². The van der Waals surface area contributed by atoms with Gasteiger partial charge in [0, 0.05) is 26.2 Å². The molecule has 0 heterocycles. The van der Waals surface area contributed by atoms with Gasteiger partial charge in [-0.3, -0.25) is 81.5 Å². The number of hydrogen-bond acceptors (Lipinski definition) is 18. The molecule has 0 radical (unpaired) electrons. The number of amides is 17. The van der Waals surface area contributed by atoms with Crippen molar-refractivity contribution in [2.45, 2.75) is 291 Å². The lowest BCUT2D eigenvalue weighted by atomic mass is 9.95. The molecule has 7 atom stereocenters. The fourth-order valence-electron chi connectivity index (χ4n) is 9.44. The first-order valence-corrected chi connectivity index (χ1v) is 33.6. The summed E-state index contributed by atoms with van der Waals surface area (Å²) in [4.78, 5) is 227. The Morgan fingerprint density at radius 3 is 0.822 bits per heavy atom. The van der Waals surface area contributed by atoms with E-state index in [1.54, 1.807) is 27.7 Å². The van der Waals surface area contributed by atoms with Gasteiger partial charge in [-0.1, -0.05) is 41.5 Å². The largest absolute Gasteiger partial charge is 0.394 e. The van der Waals surface area contributed by atoms with E-state index in [4.69, 9.17) is 17.2 Å². The second-order valence-corrected chi connectivity index (χ2v) is 30.6. The first-order chi connectivity index (χ1) is 45.7. The molecule has 0 aromatic heterocycles. The minimum Gasteiger partial charge on any atom is -0.394 e. The summed E-state index contributed by atoms with van der Waals surface area (Å²) in [5.41, 5.74) is 3.53. The molecule has 0 fully saturated rings. The van der Waals surface area contributed by atoms with Crippen molar-refractivity contribution in [3.05, 3.63) is 0 Å². The molecule has 17 amide bonds. The highest BCUT2D eigenvalue weighted by atomic mass is 16.3. The van der Waals surface area contributed by atoms with Gasteiger partial charge >= 0.3 is 0 Å². The van der Waals surface area contributed by atoms with E-state index in [0.717, 1.165) is 0 Å². The maximum absolute atomic E-state index is 14.2. The number of nitrogens with one attached hydrogen (secondary N) is 14. The van der Waals surface area contributed by atoms with Crippen molar-refractivity contribution in [3.8, 4) is 0 Å². The third-order valence-electron chi connectivity index (χ3n) is 15.7. The molecule has 574 valence electrons. The average Bonchev–Trinajstić information content (AvgIpc) is 0.825. The lowest BCUT2D eigenvalue weighted by molar-refractivity contribution is -0.141. The number of aliphatic hydroxyl groups is 1. The van der Waals surface area contributed by atoms with Crippen LogP contribution in [0, 0.1) is 17.8 Å². The van der Waals surface area contributed by atoms with Gasteiger partial charge in [-0.2, -0.15) is 0 Å². The van der Waals surface area contributed by atoms with E-state index in [2.05, 4.69) is 74.4 Å². The summed E-state index contributed by atoms with van der Waals surface area (Å²) < 4.78 is 0. The Bertz CT molecular complexity index is 3050. The molecule has 35 heteroatoms. The molecular formula is C66H117N17O18. The summed E-state index contributed by atoms with van der Waals surface area (Å²) >= 11 is 0. The molecule has 0 bridgehead atoms. The Hall–Kier alpha value is -9.05. The third-order valence-corrected chi connectivity index (χ3v) is 15.7. The van der Waals surface area contributed by atoms with E-state index in [9.17, 15) is 86.6 Å². The highest BCUT2D eigenvalue weighted by Crippen LogP contribution is 2.19. The Labute approximate surface area is 592 Å². The molecule has 0 aliphatic heterocycles. The van der Waals surface area contributed by atoms with Crippen molar-refractivity contribution in [1.29, 1.82) is 0 Å². The third kappa shape index (κ3) is 32.4. The van der Waals surface area contributed by atoms with Crippen LogP contribution >= 0.6 is 0 Å². The van der Waals surface area contributed by atoms with Gasteiger partial charge in [-0.05, 0) is 160 Å². The van der Waals surface area contributed by atoms with Crippen molar-refractivity contribution in [2.75, 3.05) is 6.61 Å². The molecular weight excluding hydrogens is 1320 g/mol. The summed E-state index contributed by atoms with van der Waals surface area (Å²) in [5.74, 6) is -15.0. The molecule has 0 aromatic carbocycles. The fraction of sp³-hybridized carbons (Fsp3) is 0.742. The smallest absolute Gasteiger partial charge is 0.246 e. The number of nitrogens with two attached hydrogens (primary N) is 3. The number of aliphatic hydroxyl groups excluding tert-OH is 1. The summed E-state index contributed by atoms with van der Waals surface area (Å²) in [6, 6.07) is -8.90. The van der Waals surface area contributed by atoms with Crippen molar-refractivity contribution in [1.82, 2.24) is 74.4 Å². The quantitative estimate of drug-likeness (QED) is 0.0283. The highest BCUT2D eigenvalue weighted by molar-refractivity contribution is 6.03. The number of hydrogen-bond donors (Lipinski definition) is 18. The molecule has 0 aliphatic rings. The Balaban J connectivity index is 6.54. The standard InChI is InChI=1S/C66H117N17O18/c1-33(2)29-38(32-84)71-48(90)39(23-26-44(67)86)73-53(95)60(9,10)79-51(93)42(30-34(3)4)72-49(91)40(24-27-45(68)87)74-55(97)62(13,14)82-59(101)66(21,22)83-58(100)65(19,20)78-50(92)41(25-28-46(69)88)75-54(96)61(11,12)80-52(94)43(31-35(5)6)76-56(98)63(15,16)81-57(99)64(17,18)77-47(89)36(7)70-37(8)85/h33-36,38-43,84H,23-32H2,1-22H3,(H2,67,86)(H2,68,87)(H2,69,88)(H,70,85)(H,71,90)(H,72,91)(H,73,95)(H,74,97)(H,75,96)(H,76,98)(H,77,89)(H,78,92)(H,79,93)(H,80,94)(H,81,99)(H,82,101)(H,83,100)/t36-,38-,39-,40-,41-,42-,43-/m0/s1. The number of carbonyl (C=O) groups is 17. The summed E-state index contributed by atoms with van der Waals surface area (Å²) in [5, 5.41) is 45.4. The van der Waals surface area contributed by atoms with E-state index in [1.807, 2.05) is 13.8 Å². The van der Waals surface area contributed by atoms with Crippen LogP contribution in [0.3, 0.4) is 0 Å². The Kier molecular flexibility index (Phi) is 35.2. The zero-order chi connectivity index (χ0) is 79.1. The second-order valence-electron chi connectivity index (χ2n) is 30.6. The molecule has 0 unspecified atom stereocenters. The molecule has 0 saturated carbocycles. The summed E-state index contributed by atoms with van der Waals surface area (Å²) in [6.45, 7) is 31.1. The van der Waals surface area contributed by atoms with Crippen LogP contribution < -0.4 is 91.6 Å². The van der Waals surface area contributed by atoms with E-state index in [0.29, 0.717) is 6.42 Å². The lowest BCUT2D eigenvalue weighted by Crippen LogP contribution is -2.68. The van der Waals surface area contributed by atoms with E-state index in [1.165, 1.54) is 111 Å². The van der Waals surface area contributed by atoms with Gasteiger partial charge in [0.2, 0.25) is 100 Å². The number of primary amides is 3. The normalized spacial score (nSPS) is 14.3. The summed E-state index contributed by atoms with van der Waals surface area (Å²) in [7, 11) is 0. The predicted octanol–water partition coefficient (Wildman–Crippen LogP) is -3.39. The number of carbonyl (C=O) groups excluding carboxylic acids is 17. The van der Waals surface area contributed by atoms with Gasteiger partial charge in [0.15, 0.2) is 0 Å². The highest BCUT2D eigenvalue weighted by Gasteiger charge is 2.45. The van der Waals surface area contributed by atoms with Crippen molar-refractivity contribution in [3.63, 3.8) is 0 Å². The minimum absolute atomic E-state index is 0.0241. The number of rotatable bonds is 43. The summed E-state index contributed by atoms with van der Waals surface area (Å²) in [6.07, 6.45) is -1.89. The molecule has 0 spiro atoms. The van der Waals surface area contributed by atoms with Crippen molar-refractivity contribution in [2.24, 2.45) is 35.0 Å². The Morgan fingerprint density at radius 1 is 0.297 bits per heavy atom. The molecule has 0 aliphatic carbocycles.